The molecule has 1 saturated heterocycles. The molecule has 0 amide bonds. The summed E-state index contributed by atoms with van der Waals surface area (Å²) in [6.45, 7) is 4.06. The van der Waals surface area contributed by atoms with E-state index in [4.69, 9.17) is 4.42 Å². The van der Waals surface area contributed by atoms with Gasteiger partial charge >= 0.3 is 0 Å². The Morgan fingerprint density at radius 1 is 1.04 bits per heavy atom. The van der Waals surface area contributed by atoms with E-state index < -0.39 is 0 Å². The standard InChI is InChI=1S/C20H19FN4O3/c21-16-3-1-15(2-4-16)20-22-17(14-28-20)13-23-9-11-24(12-10-23)18-5-7-19(8-6-18)25(26)27/h1-8,14H,9-13H2. The summed E-state index contributed by atoms with van der Waals surface area (Å²) in [4.78, 5) is 19.4. The van der Waals surface area contributed by atoms with Crippen molar-refractivity contribution < 1.29 is 13.7 Å². The highest BCUT2D eigenvalue weighted by Gasteiger charge is 2.19. The Bertz CT molecular complexity index is 948. The largest absolute Gasteiger partial charge is 0.444 e. The van der Waals surface area contributed by atoms with E-state index in [1.54, 1.807) is 30.5 Å². The van der Waals surface area contributed by atoms with Gasteiger partial charge in [0.15, 0.2) is 0 Å². The number of aromatic nitrogens is 1. The number of benzene rings is 2. The first-order chi connectivity index (χ1) is 13.6. The Balaban J connectivity index is 1.33. The third-order valence-corrected chi connectivity index (χ3v) is 4.83. The zero-order valence-corrected chi connectivity index (χ0v) is 15.1. The van der Waals surface area contributed by atoms with E-state index in [9.17, 15) is 14.5 Å². The molecule has 0 aliphatic carbocycles. The fraction of sp³-hybridized carbons (Fsp3) is 0.250. The average molecular weight is 382 g/mol. The van der Waals surface area contributed by atoms with Crippen molar-refractivity contribution in [1.82, 2.24) is 9.88 Å². The zero-order chi connectivity index (χ0) is 19.5. The Morgan fingerprint density at radius 2 is 1.71 bits per heavy atom. The number of piperazine rings is 1. The topological polar surface area (TPSA) is 75.7 Å². The minimum Gasteiger partial charge on any atom is -0.444 e. The minimum atomic E-state index is -0.389. The van der Waals surface area contributed by atoms with Gasteiger partial charge in [0.05, 0.1) is 10.6 Å². The van der Waals surface area contributed by atoms with Gasteiger partial charge in [0.2, 0.25) is 5.89 Å². The number of nitro groups is 1. The molecule has 0 spiro atoms. The van der Waals surface area contributed by atoms with Crippen molar-refractivity contribution >= 4 is 11.4 Å². The van der Waals surface area contributed by atoms with Crippen LogP contribution in [0.5, 0.6) is 0 Å². The van der Waals surface area contributed by atoms with Crippen LogP contribution in [-0.2, 0) is 6.54 Å². The van der Waals surface area contributed by atoms with Crippen LogP contribution in [0.15, 0.2) is 59.2 Å². The fourth-order valence-corrected chi connectivity index (χ4v) is 3.28. The van der Waals surface area contributed by atoms with Crippen LogP contribution < -0.4 is 4.90 Å². The van der Waals surface area contributed by atoms with Crippen LogP contribution >= 0.6 is 0 Å². The van der Waals surface area contributed by atoms with E-state index in [-0.39, 0.29) is 16.4 Å². The molecular weight excluding hydrogens is 363 g/mol. The first-order valence-corrected chi connectivity index (χ1v) is 9.00. The quantitative estimate of drug-likeness (QED) is 0.495. The van der Waals surface area contributed by atoms with Gasteiger partial charge in [-0.05, 0) is 36.4 Å². The van der Waals surface area contributed by atoms with Crippen molar-refractivity contribution in [3.63, 3.8) is 0 Å². The highest BCUT2D eigenvalue weighted by atomic mass is 19.1. The zero-order valence-electron chi connectivity index (χ0n) is 15.1. The highest BCUT2D eigenvalue weighted by Crippen LogP contribution is 2.22. The molecule has 0 N–H and O–H groups in total. The van der Waals surface area contributed by atoms with Gasteiger partial charge in [-0.25, -0.2) is 9.37 Å². The highest BCUT2D eigenvalue weighted by molar-refractivity contribution is 5.53. The second kappa shape index (κ2) is 7.77. The lowest BCUT2D eigenvalue weighted by Gasteiger charge is -2.35. The van der Waals surface area contributed by atoms with Crippen LogP contribution in [0.25, 0.3) is 11.5 Å². The number of nitrogens with zero attached hydrogens (tertiary/aromatic N) is 4. The van der Waals surface area contributed by atoms with E-state index in [1.165, 1.54) is 24.3 Å². The summed E-state index contributed by atoms with van der Waals surface area (Å²) in [6.07, 6.45) is 1.64. The van der Waals surface area contributed by atoms with Crippen molar-refractivity contribution in [2.75, 3.05) is 31.1 Å². The fourth-order valence-electron chi connectivity index (χ4n) is 3.28. The summed E-state index contributed by atoms with van der Waals surface area (Å²) in [7, 11) is 0. The number of oxazole rings is 1. The van der Waals surface area contributed by atoms with Crippen LogP contribution in [0.4, 0.5) is 15.8 Å². The Morgan fingerprint density at radius 3 is 2.36 bits per heavy atom. The monoisotopic (exact) mass is 382 g/mol. The molecule has 2 heterocycles. The van der Waals surface area contributed by atoms with Crippen molar-refractivity contribution in [2.24, 2.45) is 0 Å². The molecule has 2 aromatic carbocycles. The van der Waals surface area contributed by atoms with Gasteiger partial charge in [-0.15, -0.1) is 0 Å². The number of hydrogen-bond acceptors (Lipinski definition) is 6. The average Bonchev–Trinajstić information content (AvgIpc) is 3.18. The predicted molar refractivity (Wildman–Crippen MR) is 102 cm³/mol. The Hall–Kier alpha value is -3.26. The van der Waals surface area contributed by atoms with Gasteiger partial charge in [-0.2, -0.15) is 0 Å². The molecule has 0 atom stereocenters. The number of rotatable bonds is 5. The van der Waals surface area contributed by atoms with Crippen molar-refractivity contribution in [3.8, 4) is 11.5 Å². The molecule has 1 aromatic heterocycles. The van der Waals surface area contributed by atoms with Crippen molar-refractivity contribution in [2.45, 2.75) is 6.54 Å². The maximum Gasteiger partial charge on any atom is 0.269 e. The summed E-state index contributed by atoms with van der Waals surface area (Å²) in [5, 5.41) is 10.8. The van der Waals surface area contributed by atoms with Gasteiger partial charge in [-0.1, -0.05) is 0 Å². The van der Waals surface area contributed by atoms with Crippen molar-refractivity contribution in [3.05, 3.63) is 76.4 Å². The third-order valence-electron chi connectivity index (χ3n) is 4.83. The maximum absolute atomic E-state index is 13.0. The molecule has 8 heteroatoms. The van der Waals surface area contributed by atoms with E-state index in [0.717, 1.165) is 43.1 Å². The maximum atomic E-state index is 13.0. The Labute approximate surface area is 161 Å². The van der Waals surface area contributed by atoms with Crippen LogP contribution in [-0.4, -0.2) is 41.0 Å². The van der Waals surface area contributed by atoms with Crippen LogP contribution in [0.2, 0.25) is 0 Å². The lowest BCUT2D eigenvalue weighted by atomic mass is 10.2. The third kappa shape index (κ3) is 4.01. The molecule has 0 unspecified atom stereocenters. The molecular formula is C20H19FN4O3. The lowest BCUT2D eigenvalue weighted by molar-refractivity contribution is -0.384. The molecule has 0 saturated carbocycles. The van der Waals surface area contributed by atoms with Crippen LogP contribution in [0.3, 0.4) is 0 Å². The molecule has 28 heavy (non-hydrogen) atoms. The number of hydrogen-bond donors (Lipinski definition) is 0. The van der Waals surface area contributed by atoms with E-state index in [0.29, 0.717) is 12.4 Å². The van der Waals surface area contributed by atoms with Gasteiger partial charge in [-0.3, -0.25) is 15.0 Å². The minimum absolute atomic E-state index is 0.102. The SMILES string of the molecule is O=[N+]([O-])c1ccc(N2CCN(Cc3coc(-c4ccc(F)cc4)n3)CC2)cc1. The van der Waals surface area contributed by atoms with Gasteiger partial charge in [0.25, 0.3) is 5.69 Å². The smallest absolute Gasteiger partial charge is 0.269 e. The first-order valence-electron chi connectivity index (χ1n) is 9.00. The summed E-state index contributed by atoms with van der Waals surface area (Å²) >= 11 is 0. The van der Waals surface area contributed by atoms with E-state index in [2.05, 4.69) is 14.8 Å². The second-order valence-electron chi connectivity index (χ2n) is 6.69. The van der Waals surface area contributed by atoms with Crippen LogP contribution in [0, 0.1) is 15.9 Å². The summed E-state index contributed by atoms with van der Waals surface area (Å²) in [5.74, 6) is 0.195. The molecule has 144 valence electrons. The molecule has 1 aliphatic heterocycles. The first kappa shape index (κ1) is 18.1. The van der Waals surface area contributed by atoms with E-state index >= 15 is 0 Å². The molecule has 1 fully saturated rings. The summed E-state index contributed by atoms with van der Waals surface area (Å²) in [5.41, 5.74) is 2.68. The number of anilines is 1. The number of halogens is 1. The molecule has 1 aliphatic rings. The summed E-state index contributed by atoms with van der Waals surface area (Å²) < 4.78 is 18.6. The Kier molecular flexibility index (Phi) is 5.03. The molecule has 7 nitrogen and oxygen atoms in total. The normalized spacial score (nSPS) is 15.0. The molecule has 0 bridgehead atoms. The molecule has 4 rings (SSSR count). The predicted octanol–water partition coefficient (Wildman–Crippen LogP) is 3.71. The van der Waals surface area contributed by atoms with Gasteiger partial charge in [0.1, 0.15) is 12.1 Å². The van der Waals surface area contributed by atoms with Crippen molar-refractivity contribution in [1.29, 1.82) is 0 Å². The van der Waals surface area contributed by atoms with Crippen LogP contribution in [0.1, 0.15) is 5.69 Å². The number of nitro benzene ring substituents is 1. The second-order valence-corrected chi connectivity index (χ2v) is 6.69. The summed E-state index contributed by atoms with van der Waals surface area (Å²) in [6, 6.07) is 12.7. The molecule has 0 radical (unpaired) electrons. The number of non-ortho nitro benzene ring substituents is 1. The lowest BCUT2D eigenvalue weighted by Crippen LogP contribution is -2.46. The van der Waals surface area contributed by atoms with Gasteiger partial charge < -0.3 is 9.32 Å². The molecule has 3 aromatic rings. The van der Waals surface area contributed by atoms with Gasteiger partial charge in [0, 0.05) is 56.1 Å². The van der Waals surface area contributed by atoms with E-state index in [1.807, 2.05) is 0 Å².